The molecule has 4 heteroatoms. The van der Waals surface area contributed by atoms with E-state index in [2.05, 4.69) is 15.2 Å². The minimum Gasteiger partial charge on any atom is -0.282 e. The quantitative estimate of drug-likeness (QED) is 0.528. The summed E-state index contributed by atoms with van der Waals surface area (Å²) in [6, 6.07) is 5.49. The third kappa shape index (κ3) is 1.13. The molecule has 1 N–H and O–H groups in total. The number of nitrogens with zero attached hydrogens (tertiary/aromatic N) is 2. The van der Waals surface area contributed by atoms with Crippen molar-refractivity contribution in [1.29, 1.82) is 0 Å². The van der Waals surface area contributed by atoms with Gasteiger partial charge < -0.3 is 0 Å². The fourth-order valence-electron chi connectivity index (χ4n) is 1.29. The average molecular weight is 173 g/mol. The molecule has 0 amide bonds. The Labute approximate surface area is 74.3 Å². The van der Waals surface area contributed by atoms with Gasteiger partial charge in [0.2, 0.25) is 6.08 Å². The summed E-state index contributed by atoms with van der Waals surface area (Å²) < 4.78 is 0. The van der Waals surface area contributed by atoms with E-state index < -0.39 is 0 Å². The lowest BCUT2D eigenvalue weighted by Crippen LogP contribution is -1.70. The van der Waals surface area contributed by atoms with Crippen LogP contribution in [0.3, 0.4) is 0 Å². The number of aromatic amines is 1. The van der Waals surface area contributed by atoms with Crippen molar-refractivity contribution < 1.29 is 4.79 Å². The Bertz CT molecular complexity index is 495. The molecule has 0 bridgehead atoms. The Morgan fingerprint density at radius 2 is 2.38 bits per heavy atom. The molecule has 0 atom stereocenters. The van der Waals surface area contributed by atoms with Crippen LogP contribution in [-0.4, -0.2) is 16.3 Å². The van der Waals surface area contributed by atoms with Crippen LogP contribution in [0.15, 0.2) is 23.2 Å². The largest absolute Gasteiger partial charge is 0.282 e. The molecule has 0 fully saturated rings. The molecule has 0 spiro atoms. The lowest BCUT2D eigenvalue weighted by Gasteiger charge is -1.91. The molecule has 0 unspecified atom stereocenters. The van der Waals surface area contributed by atoms with Gasteiger partial charge in [-0.15, -0.1) is 0 Å². The van der Waals surface area contributed by atoms with Crippen LogP contribution < -0.4 is 0 Å². The number of nitrogens with one attached hydrogen (secondary N) is 1. The Morgan fingerprint density at radius 3 is 3.15 bits per heavy atom. The van der Waals surface area contributed by atoms with E-state index in [1.165, 1.54) is 6.08 Å². The number of isocyanates is 1. The molecule has 0 aliphatic heterocycles. The van der Waals surface area contributed by atoms with Crippen LogP contribution >= 0.6 is 0 Å². The van der Waals surface area contributed by atoms with E-state index >= 15 is 0 Å². The van der Waals surface area contributed by atoms with Gasteiger partial charge in [-0.1, -0.05) is 12.1 Å². The Morgan fingerprint density at radius 1 is 1.54 bits per heavy atom. The predicted octanol–water partition coefficient (Wildman–Crippen LogP) is 1.84. The number of aromatic nitrogens is 2. The molecule has 1 aromatic carbocycles. The number of rotatable bonds is 1. The van der Waals surface area contributed by atoms with Gasteiger partial charge in [-0.25, -0.2) is 4.79 Å². The normalized spacial score (nSPS) is 9.92. The number of hydrogen-bond donors (Lipinski definition) is 1. The molecule has 0 aliphatic rings. The summed E-state index contributed by atoms with van der Waals surface area (Å²) in [5.41, 5.74) is 2.23. The third-order valence-corrected chi connectivity index (χ3v) is 1.92. The number of aliphatic imine (C=N–C) groups is 1. The molecule has 1 heterocycles. The lowest BCUT2D eigenvalue weighted by atomic mass is 10.2. The highest BCUT2D eigenvalue weighted by molar-refractivity contribution is 5.91. The van der Waals surface area contributed by atoms with Crippen LogP contribution in [0.5, 0.6) is 0 Å². The average Bonchev–Trinajstić information content (AvgIpc) is 2.50. The maximum Gasteiger partial charge on any atom is 0.240 e. The van der Waals surface area contributed by atoms with Crippen molar-refractivity contribution in [2.45, 2.75) is 6.92 Å². The first kappa shape index (κ1) is 7.71. The summed E-state index contributed by atoms with van der Waals surface area (Å²) in [7, 11) is 0. The van der Waals surface area contributed by atoms with Gasteiger partial charge in [0, 0.05) is 11.1 Å². The number of fused-ring (bicyclic) bond motifs is 1. The summed E-state index contributed by atoms with van der Waals surface area (Å²) in [4.78, 5) is 13.7. The fraction of sp³-hybridized carbons (Fsp3) is 0.111. The first-order valence-electron chi connectivity index (χ1n) is 3.84. The number of benzene rings is 1. The Kier molecular flexibility index (Phi) is 1.69. The summed E-state index contributed by atoms with van der Waals surface area (Å²) >= 11 is 0. The zero-order valence-corrected chi connectivity index (χ0v) is 7.03. The van der Waals surface area contributed by atoms with E-state index in [-0.39, 0.29) is 0 Å². The molecule has 64 valence electrons. The van der Waals surface area contributed by atoms with Gasteiger partial charge in [0.25, 0.3) is 0 Å². The van der Waals surface area contributed by atoms with E-state index in [1.807, 2.05) is 19.1 Å². The summed E-state index contributed by atoms with van der Waals surface area (Å²) in [5.74, 6) is 0. The highest BCUT2D eigenvalue weighted by Gasteiger charge is 2.04. The number of para-hydroxylation sites is 1. The second-order valence-corrected chi connectivity index (χ2v) is 2.73. The van der Waals surface area contributed by atoms with Crippen molar-refractivity contribution in [3.8, 4) is 0 Å². The van der Waals surface area contributed by atoms with Gasteiger partial charge in [-0.2, -0.15) is 10.1 Å². The van der Waals surface area contributed by atoms with Gasteiger partial charge >= 0.3 is 0 Å². The number of hydrogen-bond acceptors (Lipinski definition) is 3. The standard InChI is InChI=1S/C9H7N3O/c1-6-7-3-2-4-8(10-5-13)9(7)12-11-6/h2-4H,1H3,(H,11,12). The number of aryl methyl sites for hydroxylation is 1. The Balaban J connectivity index is 2.84. The highest BCUT2D eigenvalue weighted by Crippen LogP contribution is 2.24. The van der Waals surface area contributed by atoms with E-state index in [0.29, 0.717) is 11.2 Å². The fourth-order valence-corrected chi connectivity index (χ4v) is 1.29. The van der Waals surface area contributed by atoms with Crippen molar-refractivity contribution in [2.75, 3.05) is 0 Å². The smallest absolute Gasteiger partial charge is 0.240 e. The first-order chi connectivity index (χ1) is 6.33. The summed E-state index contributed by atoms with van der Waals surface area (Å²) in [6.07, 6.45) is 1.51. The van der Waals surface area contributed by atoms with Crippen LogP contribution in [0.1, 0.15) is 5.69 Å². The van der Waals surface area contributed by atoms with Crippen LogP contribution in [0.25, 0.3) is 10.9 Å². The zero-order valence-electron chi connectivity index (χ0n) is 7.03. The molecule has 0 saturated heterocycles. The van der Waals surface area contributed by atoms with Gasteiger partial charge in [-0.3, -0.25) is 5.10 Å². The molecule has 2 rings (SSSR count). The number of H-pyrrole nitrogens is 1. The van der Waals surface area contributed by atoms with Gasteiger partial charge in [0.05, 0.1) is 0 Å². The topological polar surface area (TPSA) is 58.1 Å². The van der Waals surface area contributed by atoms with Crippen LogP contribution in [0.2, 0.25) is 0 Å². The van der Waals surface area contributed by atoms with Gasteiger partial charge in [-0.05, 0) is 13.0 Å². The predicted molar refractivity (Wildman–Crippen MR) is 48.6 cm³/mol. The van der Waals surface area contributed by atoms with Crippen molar-refractivity contribution >= 4 is 22.7 Å². The SMILES string of the molecule is Cc1[nH]nc2c(N=C=O)cccc12. The van der Waals surface area contributed by atoms with E-state index in [1.54, 1.807) is 6.07 Å². The molecular weight excluding hydrogens is 166 g/mol. The zero-order chi connectivity index (χ0) is 9.26. The van der Waals surface area contributed by atoms with E-state index in [9.17, 15) is 4.79 Å². The minimum absolute atomic E-state index is 0.553. The van der Waals surface area contributed by atoms with Crippen LogP contribution in [0.4, 0.5) is 5.69 Å². The first-order valence-corrected chi connectivity index (χ1v) is 3.84. The Hall–Kier alpha value is -1.93. The molecule has 1 aromatic heterocycles. The third-order valence-electron chi connectivity index (χ3n) is 1.92. The van der Waals surface area contributed by atoms with Crippen molar-refractivity contribution in [3.63, 3.8) is 0 Å². The second-order valence-electron chi connectivity index (χ2n) is 2.73. The van der Waals surface area contributed by atoms with Crippen LogP contribution in [0, 0.1) is 6.92 Å². The van der Waals surface area contributed by atoms with Crippen molar-refractivity contribution in [2.24, 2.45) is 4.99 Å². The van der Waals surface area contributed by atoms with Crippen molar-refractivity contribution in [1.82, 2.24) is 10.2 Å². The molecule has 0 aliphatic carbocycles. The lowest BCUT2D eigenvalue weighted by molar-refractivity contribution is 0.565. The maximum atomic E-state index is 10.1. The van der Waals surface area contributed by atoms with Crippen LogP contribution in [-0.2, 0) is 4.79 Å². The van der Waals surface area contributed by atoms with E-state index in [4.69, 9.17) is 0 Å². The molecule has 0 saturated carbocycles. The monoisotopic (exact) mass is 173 g/mol. The summed E-state index contributed by atoms with van der Waals surface area (Å²) in [5, 5.41) is 7.86. The summed E-state index contributed by atoms with van der Waals surface area (Å²) in [6.45, 7) is 1.92. The second kappa shape index (κ2) is 2.84. The van der Waals surface area contributed by atoms with Gasteiger partial charge in [0.15, 0.2) is 0 Å². The maximum absolute atomic E-state index is 10.1. The van der Waals surface area contributed by atoms with Gasteiger partial charge in [0.1, 0.15) is 11.2 Å². The molecule has 2 aromatic rings. The molecule has 0 radical (unpaired) electrons. The molecule has 13 heavy (non-hydrogen) atoms. The minimum atomic E-state index is 0.553. The number of carbonyl (C=O) groups excluding carboxylic acids is 1. The van der Waals surface area contributed by atoms with E-state index in [0.717, 1.165) is 11.1 Å². The molecular formula is C9H7N3O. The van der Waals surface area contributed by atoms with Crippen molar-refractivity contribution in [3.05, 3.63) is 23.9 Å². The molecule has 4 nitrogen and oxygen atoms in total. The highest BCUT2D eigenvalue weighted by atomic mass is 16.1.